The standard InChI is InChI=1S/C19H20N4O4/c1-3-27-19(24)15(20)10-16-18(13-5-4-6-14(9-13)23(25)26)21-17-8-7-12(2)11-22(16)17/h4-9,11,15H,3,10,20H2,1-2H3. The zero-order valence-electron chi connectivity index (χ0n) is 15.1. The van der Waals surface area contributed by atoms with Gasteiger partial charge < -0.3 is 14.9 Å². The summed E-state index contributed by atoms with van der Waals surface area (Å²) >= 11 is 0. The first-order chi connectivity index (χ1) is 12.9. The van der Waals surface area contributed by atoms with Gasteiger partial charge in [-0.2, -0.15) is 0 Å². The number of fused-ring (bicyclic) bond motifs is 1. The number of aromatic nitrogens is 2. The Morgan fingerprint density at radius 2 is 2.15 bits per heavy atom. The van der Waals surface area contributed by atoms with Crippen molar-refractivity contribution in [2.75, 3.05) is 6.61 Å². The molecule has 2 N–H and O–H groups in total. The highest BCUT2D eigenvalue weighted by atomic mass is 16.6. The fraction of sp³-hybridized carbons (Fsp3) is 0.263. The molecule has 27 heavy (non-hydrogen) atoms. The highest BCUT2D eigenvalue weighted by molar-refractivity contribution is 5.77. The number of nitro groups is 1. The number of nitro benzene ring substituents is 1. The number of ether oxygens (including phenoxy) is 1. The van der Waals surface area contributed by atoms with Gasteiger partial charge in [-0.05, 0) is 25.5 Å². The molecule has 0 saturated carbocycles. The molecule has 0 fully saturated rings. The second-order valence-corrected chi connectivity index (χ2v) is 6.21. The molecule has 1 atom stereocenters. The van der Waals surface area contributed by atoms with Crippen LogP contribution in [0.15, 0.2) is 42.6 Å². The molecule has 8 nitrogen and oxygen atoms in total. The number of imidazole rings is 1. The topological polar surface area (TPSA) is 113 Å². The first kappa shape index (κ1) is 18.5. The smallest absolute Gasteiger partial charge is 0.323 e. The SMILES string of the molecule is CCOC(=O)C(N)Cc1c(-c2cccc([N+](=O)[O-])c2)nc2ccc(C)cn12. The third-order valence-corrected chi connectivity index (χ3v) is 4.20. The predicted octanol–water partition coefficient (Wildman–Crippen LogP) is 2.65. The van der Waals surface area contributed by atoms with Gasteiger partial charge in [-0.3, -0.25) is 14.9 Å². The molecule has 140 valence electrons. The maximum absolute atomic E-state index is 12.0. The zero-order chi connectivity index (χ0) is 19.6. The first-order valence-corrected chi connectivity index (χ1v) is 8.55. The fourth-order valence-electron chi connectivity index (χ4n) is 2.93. The van der Waals surface area contributed by atoms with E-state index >= 15 is 0 Å². The molecule has 0 aliphatic rings. The number of pyridine rings is 1. The zero-order valence-corrected chi connectivity index (χ0v) is 15.1. The highest BCUT2D eigenvalue weighted by Gasteiger charge is 2.22. The second kappa shape index (κ2) is 7.55. The van der Waals surface area contributed by atoms with Crippen molar-refractivity contribution in [3.63, 3.8) is 0 Å². The Morgan fingerprint density at radius 3 is 2.85 bits per heavy atom. The maximum Gasteiger partial charge on any atom is 0.323 e. The summed E-state index contributed by atoms with van der Waals surface area (Å²) in [4.78, 5) is 27.3. The van der Waals surface area contributed by atoms with Crippen LogP contribution in [0.4, 0.5) is 5.69 Å². The molecular formula is C19H20N4O4. The number of carbonyl (C=O) groups excluding carboxylic acids is 1. The van der Waals surface area contributed by atoms with Crippen LogP contribution >= 0.6 is 0 Å². The van der Waals surface area contributed by atoms with Crippen LogP contribution in [0.5, 0.6) is 0 Å². The summed E-state index contributed by atoms with van der Waals surface area (Å²) in [5, 5.41) is 11.1. The Kier molecular flexibility index (Phi) is 5.18. The number of aryl methyl sites for hydroxylation is 1. The van der Waals surface area contributed by atoms with Crippen LogP contribution in [-0.2, 0) is 16.0 Å². The number of non-ortho nitro benzene ring substituents is 1. The van der Waals surface area contributed by atoms with Gasteiger partial charge in [0.1, 0.15) is 11.7 Å². The van der Waals surface area contributed by atoms with Gasteiger partial charge in [-0.25, -0.2) is 4.98 Å². The fourth-order valence-corrected chi connectivity index (χ4v) is 2.93. The van der Waals surface area contributed by atoms with E-state index in [4.69, 9.17) is 10.5 Å². The van der Waals surface area contributed by atoms with Crippen molar-refractivity contribution in [2.24, 2.45) is 5.73 Å². The third kappa shape index (κ3) is 3.80. The van der Waals surface area contributed by atoms with Crippen molar-refractivity contribution in [3.05, 3.63) is 64.0 Å². The molecule has 0 aliphatic carbocycles. The molecular weight excluding hydrogens is 348 g/mol. The van der Waals surface area contributed by atoms with Gasteiger partial charge in [0.15, 0.2) is 0 Å². The third-order valence-electron chi connectivity index (χ3n) is 4.20. The minimum Gasteiger partial charge on any atom is -0.465 e. The Labute approximate surface area is 155 Å². The largest absolute Gasteiger partial charge is 0.465 e. The Balaban J connectivity index is 2.13. The van der Waals surface area contributed by atoms with E-state index in [-0.39, 0.29) is 18.7 Å². The molecule has 1 aromatic carbocycles. The summed E-state index contributed by atoms with van der Waals surface area (Å²) in [5.74, 6) is -0.495. The lowest BCUT2D eigenvalue weighted by Crippen LogP contribution is -2.34. The molecule has 3 rings (SSSR count). The highest BCUT2D eigenvalue weighted by Crippen LogP contribution is 2.28. The van der Waals surface area contributed by atoms with Crippen molar-refractivity contribution < 1.29 is 14.5 Å². The summed E-state index contributed by atoms with van der Waals surface area (Å²) in [5.41, 5.74) is 9.54. The van der Waals surface area contributed by atoms with Gasteiger partial charge in [0.25, 0.3) is 5.69 Å². The number of nitrogens with two attached hydrogens (primary N) is 1. The number of rotatable bonds is 6. The minimum atomic E-state index is -0.859. The van der Waals surface area contributed by atoms with Crippen molar-refractivity contribution in [2.45, 2.75) is 26.3 Å². The van der Waals surface area contributed by atoms with Gasteiger partial charge in [0, 0.05) is 30.3 Å². The number of carbonyl (C=O) groups is 1. The van der Waals surface area contributed by atoms with E-state index in [1.165, 1.54) is 12.1 Å². The van der Waals surface area contributed by atoms with Crippen LogP contribution < -0.4 is 5.73 Å². The molecule has 0 saturated heterocycles. The number of hydrogen-bond donors (Lipinski definition) is 1. The summed E-state index contributed by atoms with van der Waals surface area (Å²) in [6.07, 6.45) is 2.10. The molecule has 0 radical (unpaired) electrons. The van der Waals surface area contributed by atoms with Gasteiger partial charge in [-0.1, -0.05) is 18.2 Å². The maximum atomic E-state index is 12.0. The normalized spacial score (nSPS) is 12.1. The molecule has 8 heteroatoms. The van der Waals surface area contributed by atoms with Gasteiger partial charge in [0.05, 0.1) is 22.9 Å². The number of hydrogen-bond acceptors (Lipinski definition) is 6. The van der Waals surface area contributed by atoms with E-state index in [9.17, 15) is 14.9 Å². The van der Waals surface area contributed by atoms with Crippen molar-refractivity contribution >= 4 is 17.3 Å². The summed E-state index contributed by atoms with van der Waals surface area (Å²) < 4.78 is 6.87. The predicted molar refractivity (Wildman–Crippen MR) is 100 cm³/mol. The van der Waals surface area contributed by atoms with E-state index < -0.39 is 16.9 Å². The molecule has 0 bridgehead atoms. The van der Waals surface area contributed by atoms with Crippen LogP contribution in [0, 0.1) is 17.0 Å². The van der Waals surface area contributed by atoms with E-state index in [2.05, 4.69) is 4.98 Å². The lowest BCUT2D eigenvalue weighted by atomic mass is 10.0. The average molecular weight is 368 g/mol. The quantitative estimate of drug-likeness (QED) is 0.406. The molecule has 0 aliphatic heterocycles. The van der Waals surface area contributed by atoms with Crippen LogP contribution in [0.3, 0.4) is 0 Å². The van der Waals surface area contributed by atoms with E-state index in [1.54, 1.807) is 19.1 Å². The Morgan fingerprint density at radius 1 is 1.37 bits per heavy atom. The van der Waals surface area contributed by atoms with Crippen molar-refractivity contribution in [1.29, 1.82) is 0 Å². The Bertz CT molecular complexity index is 1010. The van der Waals surface area contributed by atoms with Gasteiger partial charge in [0.2, 0.25) is 0 Å². The molecule has 2 heterocycles. The summed E-state index contributed by atoms with van der Waals surface area (Å²) in [6, 6.07) is 9.17. The summed E-state index contributed by atoms with van der Waals surface area (Å²) in [6.45, 7) is 3.91. The number of benzene rings is 1. The van der Waals surface area contributed by atoms with E-state index in [0.29, 0.717) is 22.6 Å². The van der Waals surface area contributed by atoms with Crippen LogP contribution in [-0.4, -0.2) is 32.9 Å². The summed E-state index contributed by atoms with van der Waals surface area (Å²) in [7, 11) is 0. The van der Waals surface area contributed by atoms with Crippen molar-refractivity contribution in [1.82, 2.24) is 9.38 Å². The Hall–Kier alpha value is -3.26. The van der Waals surface area contributed by atoms with E-state index in [1.807, 2.05) is 29.7 Å². The minimum absolute atomic E-state index is 0.0265. The lowest BCUT2D eigenvalue weighted by Gasteiger charge is -2.12. The monoisotopic (exact) mass is 368 g/mol. The van der Waals surface area contributed by atoms with Gasteiger partial charge in [-0.15, -0.1) is 0 Å². The van der Waals surface area contributed by atoms with Crippen LogP contribution in [0.1, 0.15) is 18.2 Å². The molecule has 0 amide bonds. The number of esters is 1. The average Bonchev–Trinajstić information content (AvgIpc) is 2.99. The van der Waals surface area contributed by atoms with Crippen LogP contribution in [0.25, 0.3) is 16.9 Å². The lowest BCUT2D eigenvalue weighted by molar-refractivity contribution is -0.384. The second-order valence-electron chi connectivity index (χ2n) is 6.21. The first-order valence-electron chi connectivity index (χ1n) is 8.55. The van der Waals surface area contributed by atoms with Crippen molar-refractivity contribution in [3.8, 4) is 11.3 Å². The molecule has 1 unspecified atom stereocenters. The number of nitrogens with zero attached hydrogens (tertiary/aromatic N) is 3. The van der Waals surface area contributed by atoms with Gasteiger partial charge >= 0.3 is 5.97 Å². The molecule has 3 aromatic rings. The molecule has 0 spiro atoms. The van der Waals surface area contributed by atoms with Crippen LogP contribution in [0.2, 0.25) is 0 Å². The van der Waals surface area contributed by atoms with E-state index in [0.717, 1.165) is 5.56 Å². The molecule has 2 aromatic heterocycles.